The molecule has 3 rings (SSSR count). The maximum absolute atomic E-state index is 6.08. The lowest BCUT2D eigenvalue weighted by molar-refractivity contribution is 0.150. The fourth-order valence-electron chi connectivity index (χ4n) is 3.13. The molecule has 2 nitrogen and oxygen atoms in total. The van der Waals surface area contributed by atoms with E-state index in [0.29, 0.717) is 5.41 Å². The first-order chi connectivity index (χ1) is 8.19. The average Bonchev–Trinajstić information content (AvgIpc) is 2.30. The van der Waals surface area contributed by atoms with Crippen molar-refractivity contribution < 1.29 is 0 Å². The summed E-state index contributed by atoms with van der Waals surface area (Å²) < 4.78 is 0. The van der Waals surface area contributed by atoms with Gasteiger partial charge in [0.25, 0.3) is 0 Å². The molecule has 1 spiro atoms. The Morgan fingerprint density at radius 3 is 2.65 bits per heavy atom. The van der Waals surface area contributed by atoms with Crippen molar-refractivity contribution in [3.63, 3.8) is 0 Å². The third-order valence-corrected chi connectivity index (χ3v) is 4.46. The Morgan fingerprint density at radius 2 is 1.94 bits per heavy atom. The van der Waals surface area contributed by atoms with Gasteiger partial charge in [-0.25, -0.2) is 0 Å². The molecule has 0 saturated carbocycles. The van der Waals surface area contributed by atoms with E-state index in [2.05, 4.69) is 29.3 Å². The number of nitrogens with one attached hydrogen (secondary N) is 1. The SMILES string of the molecule is Cc1ccc(Cl)cc1N1CC2(CCNCC2)C1. The summed E-state index contributed by atoms with van der Waals surface area (Å²) in [6.45, 7) is 6.94. The first kappa shape index (κ1) is 11.4. The van der Waals surface area contributed by atoms with Gasteiger partial charge in [0.1, 0.15) is 0 Å². The molecule has 92 valence electrons. The molecule has 0 bridgehead atoms. The maximum atomic E-state index is 6.08. The summed E-state index contributed by atoms with van der Waals surface area (Å²) in [5, 5.41) is 4.29. The van der Waals surface area contributed by atoms with Gasteiger partial charge < -0.3 is 10.2 Å². The zero-order valence-electron chi connectivity index (χ0n) is 10.3. The fourth-order valence-corrected chi connectivity index (χ4v) is 3.30. The van der Waals surface area contributed by atoms with Crippen LogP contribution >= 0.6 is 11.6 Å². The number of piperidine rings is 1. The smallest absolute Gasteiger partial charge is 0.0426 e. The Bertz CT molecular complexity index is 416. The van der Waals surface area contributed by atoms with Gasteiger partial charge in [-0.1, -0.05) is 17.7 Å². The van der Waals surface area contributed by atoms with Gasteiger partial charge in [0.05, 0.1) is 0 Å². The van der Waals surface area contributed by atoms with E-state index < -0.39 is 0 Å². The van der Waals surface area contributed by atoms with Gasteiger partial charge in [0, 0.05) is 29.2 Å². The number of halogens is 1. The predicted molar refractivity (Wildman–Crippen MR) is 72.9 cm³/mol. The molecule has 17 heavy (non-hydrogen) atoms. The van der Waals surface area contributed by atoms with Crippen LogP contribution in [0.4, 0.5) is 5.69 Å². The number of benzene rings is 1. The molecule has 0 unspecified atom stereocenters. The Morgan fingerprint density at radius 1 is 1.24 bits per heavy atom. The minimum atomic E-state index is 0.583. The van der Waals surface area contributed by atoms with Crippen LogP contribution in [-0.4, -0.2) is 26.2 Å². The van der Waals surface area contributed by atoms with E-state index in [4.69, 9.17) is 11.6 Å². The molecule has 1 aromatic rings. The van der Waals surface area contributed by atoms with E-state index in [-0.39, 0.29) is 0 Å². The highest BCUT2D eigenvalue weighted by Gasteiger charge is 2.43. The number of nitrogens with zero attached hydrogens (tertiary/aromatic N) is 1. The van der Waals surface area contributed by atoms with Crippen LogP contribution in [-0.2, 0) is 0 Å². The third kappa shape index (κ3) is 2.04. The van der Waals surface area contributed by atoms with Crippen molar-refractivity contribution in [1.29, 1.82) is 0 Å². The first-order valence-corrected chi connectivity index (χ1v) is 6.78. The van der Waals surface area contributed by atoms with Crippen molar-refractivity contribution in [3.8, 4) is 0 Å². The number of hydrogen-bond acceptors (Lipinski definition) is 2. The summed E-state index contributed by atoms with van der Waals surface area (Å²) in [7, 11) is 0. The van der Waals surface area contributed by atoms with Crippen LogP contribution in [0.2, 0.25) is 5.02 Å². The summed E-state index contributed by atoms with van der Waals surface area (Å²) in [5.74, 6) is 0. The van der Waals surface area contributed by atoms with E-state index in [9.17, 15) is 0 Å². The molecule has 0 aromatic heterocycles. The minimum absolute atomic E-state index is 0.583. The third-order valence-electron chi connectivity index (χ3n) is 4.23. The van der Waals surface area contributed by atoms with Crippen LogP contribution in [0, 0.1) is 12.3 Å². The monoisotopic (exact) mass is 250 g/mol. The van der Waals surface area contributed by atoms with Crippen molar-refractivity contribution in [1.82, 2.24) is 5.32 Å². The Hall–Kier alpha value is -0.730. The van der Waals surface area contributed by atoms with E-state index in [1.807, 2.05) is 6.07 Å². The van der Waals surface area contributed by atoms with Crippen molar-refractivity contribution >= 4 is 17.3 Å². The van der Waals surface area contributed by atoms with Crippen LogP contribution in [0.1, 0.15) is 18.4 Å². The van der Waals surface area contributed by atoms with Crippen molar-refractivity contribution in [2.75, 3.05) is 31.1 Å². The van der Waals surface area contributed by atoms with Crippen LogP contribution in [0.15, 0.2) is 18.2 Å². The van der Waals surface area contributed by atoms with E-state index in [1.54, 1.807) is 0 Å². The molecule has 1 N–H and O–H groups in total. The summed E-state index contributed by atoms with van der Waals surface area (Å²) in [4.78, 5) is 2.48. The Kier molecular flexibility index (Phi) is 2.80. The average molecular weight is 251 g/mol. The number of hydrogen-bond donors (Lipinski definition) is 1. The van der Waals surface area contributed by atoms with E-state index >= 15 is 0 Å². The quantitative estimate of drug-likeness (QED) is 0.825. The highest BCUT2D eigenvalue weighted by molar-refractivity contribution is 6.30. The van der Waals surface area contributed by atoms with Crippen molar-refractivity contribution in [2.24, 2.45) is 5.41 Å². The molecule has 0 radical (unpaired) electrons. The lowest BCUT2D eigenvalue weighted by atomic mass is 9.72. The van der Waals surface area contributed by atoms with Gasteiger partial charge in [0.15, 0.2) is 0 Å². The van der Waals surface area contributed by atoms with Gasteiger partial charge in [-0.2, -0.15) is 0 Å². The largest absolute Gasteiger partial charge is 0.370 e. The van der Waals surface area contributed by atoms with E-state index in [0.717, 1.165) is 5.02 Å². The second kappa shape index (κ2) is 4.18. The first-order valence-electron chi connectivity index (χ1n) is 6.40. The Balaban J connectivity index is 1.74. The summed E-state index contributed by atoms with van der Waals surface area (Å²) in [5.41, 5.74) is 3.24. The summed E-state index contributed by atoms with van der Waals surface area (Å²) in [6.07, 6.45) is 2.65. The van der Waals surface area contributed by atoms with Crippen molar-refractivity contribution in [3.05, 3.63) is 28.8 Å². The second-order valence-electron chi connectivity index (χ2n) is 5.54. The molecule has 2 aliphatic rings. The molecule has 0 atom stereocenters. The Labute approximate surface area is 108 Å². The molecule has 2 saturated heterocycles. The molecule has 2 fully saturated rings. The predicted octanol–water partition coefficient (Wildman–Crippen LogP) is 2.84. The zero-order valence-corrected chi connectivity index (χ0v) is 11.1. The summed E-state index contributed by atoms with van der Waals surface area (Å²) >= 11 is 6.08. The number of rotatable bonds is 1. The lowest BCUT2D eigenvalue weighted by Gasteiger charge is -2.54. The summed E-state index contributed by atoms with van der Waals surface area (Å²) in [6, 6.07) is 6.19. The van der Waals surface area contributed by atoms with Crippen molar-refractivity contribution in [2.45, 2.75) is 19.8 Å². The molecule has 0 amide bonds. The van der Waals surface area contributed by atoms with E-state index in [1.165, 1.54) is 50.3 Å². The highest BCUT2D eigenvalue weighted by Crippen LogP contribution is 2.42. The maximum Gasteiger partial charge on any atom is 0.0426 e. The fraction of sp³-hybridized carbons (Fsp3) is 0.571. The van der Waals surface area contributed by atoms with Gasteiger partial charge in [0.2, 0.25) is 0 Å². The molecular weight excluding hydrogens is 232 g/mol. The molecule has 3 heteroatoms. The zero-order chi connectivity index (χ0) is 11.9. The van der Waals surface area contributed by atoms with Crippen LogP contribution < -0.4 is 10.2 Å². The molecular formula is C14H19ClN2. The van der Waals surface area contributed by atoms with Crippen LogP contribution in [0.3, 0.4) is 0 Å². The normalized spacial score (nSPS) is 22.6. The van der Waals surface area contributed by atoms with Gasteiger partial charge in [-0.15, -0.1) is 0 Å². The van der Waals surface area contributed by atoms with Gasteiger partial charge in [-0.05, 0) is 50.6 Å². The van der Waals surface area contributed by atoms with Crippen LogP contribution in [0.25, 0.3) is 0 Å². The number of anilines is 1. The standard InChI is InChI=1S/C14H19ClN2/c1-11-2-3-12(15)8-13(11)17-9-14(10-17)4-6-16-7-5-14/h2-3,8,16H,4-7,9-10H2,1H3. The molecule has 2 heterocycles. The molecule has 0 aliphatic carbocycles. The number of aryl methyl sites for hydroxylation is 1. The minimum Gasteiger partial charge on any atom is -0.370 e. The van der Waals surface area contributed by atoms with Crippen LogP contribution in [0.5, 0.6) is 0 Å². The molecule has 1 aromatic carbocycles. The van der Waals surface area contributed by atoms with Gasteiger partial charge >= 0.3 is 0 Å². The van der Waals surface area contributed by atoms with Gasteiger partial charge in [-0.3, -0.25) is 0 Å². The topological polar surface area (TPSA) is 15.3 Å². The molecule has 2 aliphatic heterocycles. The highest BCUT2D eigenvalue weighted by atomic mass is 35.5. The lowest BCUT2D eigenvalue weighted by Crippen LogP contribution is -2.60. The second-order valence-corrected chi connectivity index (χ2v) is 5.97.